The van der Waals surface area contributed by atoms with Crippen molar-refractivity contribution in [3.63, 3.8) is 0 Å². The highest BCUT2D eigenvalue weighted by Gasteiger charge is 2.43. The molecule has 1 aromatic carbocycles. The average molecular weight is 510 g/mol. The van der Waals surface area contributed by atoms with Gasteiger partial charge in [0.2, 0.25) is 5.91 Å². The number of amides is 3. The van der Waals surface area contributed by atoms with E-state index < -0.39 is 11.6 Å². The summed E-state index contributed by atoms with van der Waals surface area (Å²) in [7, 11) is 0. The second-order valence-corrected chi connectivity index (χ2v) is 11.7. The minimum absolute atomic E-state index is 0.0769. The van der Waals surface area contributed by atoms with E-state index in [4.69, 9.17) is 4.74 Å². The topological polar surface area (TPSA) is 97.7 Å². The highest BCUT2D eigenvalue weighted by molar-refractivity contribution is 5.88. The first-order valence-electron chi connectivity index (χ1n) is 13.9. The van der Waals surface area contributed by atoms with Gasteiger partial charge in [-0.3, -0.25) is 9.69 Å². The zero-order valence-electron chi connectivity index (χ0n) is 22.5. The van der Waals surface area contributed by atoms with Gasteiger partial charge in [0.15, 0.2) is 0 Å². The molecular weight excluding hydrogens is 466 g/mol. The van der Waals surface area contributed by atoms with Crippen LogP contribution in [-0.4, -0.2) is 79.3 Å². The lowest BCUT2D eigenvalue weighted by molar-refractivity contribution is -0.124. The van der Waals surface area contributed by atoms with Crippen LogP contribution in [0.25, 0.3) is 0 Å². The molecule has 8 heteroatoms. The predicted molar refractivity (Wildman–Crippen MR) is 143 cm³/mol. The molecule has 0 aromatic heterocycles. The molecule has 1 aliphatic carbocycles. The molecule has 0 radical (unpaired) electrons. The summed E-state index contributed by atoms with van der Waals surface area (Å²) in [6.45, 7) is 8.55. The maximum atomic E-state index is 13.6. The number of carbonyl (C=O) groups excluding carboxylic acids is 2. The van der Waals surface area contributed by atoms with Crippen LogP contribution in [0.3, 0.4) is 0 Å². The van der Waals surface area contributed by atoms with Crippen LogP contribution in [0.15, 0.2) is 30.3 Å². The number of hydrogen-bond donors (Lipinski definition) is 2. The van der Waals surface area contributed by atoms with Crippen LogP contribution in [-0.2, 0) is 14.9 Å². The van der Waals surface area contributed by atoms with Gasteiger partial charge in [-0.25, -0.2) is 4.79 Å². The molecule has 0 bridgehead atoms. The molecule has 37 heavy (non-hydrogen) atoms. The Bertz CT molecular complexity index is 950. The Balaban J connectivity index is 1.41. The second kappa shape index (κ2) is 12.3. The number of rotatable bonds is 8. The molecule has 2 atom stereocenters. The number of ether oxygens (including phenoxy) is 1. The Labute approximate surface area is 221 Å². The van der Waals surface area contributed by atoms with Crippen molar-refractivity contribution in [2.75, 3.05) is 45.9 Å². The van der Waals surface area contributed by atoms with Crippen molar-refractivity contribution >= 4 is 11.9 Å². The van der Waals surface area contributed by atoms with Crippen molar-refractivity contribution in [3.05, 3.63) is 35.9 Å². The lowest BCUT2D eigenvalue weighted by Crippen LogP contribution is -2.58. The van der Waals surface area contributed by atoms with Gasteiger partial charge in [-0.05, 0) is 24.3 Å². The van der Waals surface area contributed by atoms with E-state index in [1.807, 2.05) is 6.07 Å². The van der Waals surface area contributed by atoms with Gasteiger partial charge in [-0.2, -0.15) is 5.26 Å². The molecule has 3 fully saturated rings. The predicted octanol–water partition coefficient (Wildman–Crippen LogP) is 3.43. The number of carbonyl (C=O) groups is 2. The van der Waals surface area contributed by atoms with Crippen LogP contribution in [0.4, 0.5) is 4.79 Å². The first kappa shape index (κ1) is 27.4. The number of morpholine rings is 1. The Hall–Kier alpha value is -2.63. The Morgan fingerprint density at radius 2 is 1.84 bits per heavy atom. The van der Waals surface area contributed by atoms with Crippen LogP contribution >= 0.6 is 0 Å². The van der Waals surface area contributed by atoms with Gasteiger partial charge < -0.3 is 20.3 Å². The summed E-state index contributed by atoms with van der Waals surface area (Å²) in [5.74, 6) is 0.178. The van der Waals surface area contributed by atoms with Crippen LogP contribution in [0.1, 0.15) is 64.4 Å². The fraction of sp³-hybridized carbons (Fsp3) is 0.690. The number of nitriles is 1. The normalized spacial score (nSPS) is 24.3. The summed E-state index contributed by atoms with van der Waals surface area (Å²) in [5.41, 5.74) is 0.233. The van der Waals surface area contributed by atoms with Crippen molar-refractivity contribution in [3.8, 4) is 6.07 Å². The van der Waals surface area contributed by atoms with E-state index in [0.717, 1.165) is 25.9 Å². The summed E-state index contributed by atoms with van der Waals surface area (Å²) < 4.78 is 5.37. The van der Waals surface area contributed by atoms with Gasteiger partial charge in [0.25, 0.3) is 0 Å². The van der Waals surface area contributed by atoms with Crippen molar-refractivity contribution in [1.29, 1.82) is 5.26 Å². The number of likely N-dealkylation sites (tertiary alicyclic amines) is 1. The fourth-order valence-electron chi connectivity index (χ4n) is 6.10. The fourth-order valence-corrected chi connectivity index (χ4v) is 6.10. The molecule has 3 aliphatic rings. The Kier molecular flexibility index (Phi) is 9.09. The highest BCUT2D eigenvalue weighted by Crippen LogP contribution is 2.30. The van der Waals surface area contributed by atoms with E-state index in [2.05, 4.69) is 59.7 Å². The van der Waals surface area contributed by atoms with E-state index in [1.54, 1.807) is 4.90 Å². The van der Waals surface area contributed by atoms with E-state index >= 15 is 0 Å². The molecular formula is C29H43N5O3. The molecule has 8 nitrogen and oxygen atoms in total. The summed E-state index contributed by atoms with van der Waals surface area (Å²) in [5, 5.41) is 16.3. The minimum Gasteiger partial charge on any atom is -0.378 e. The van der Waals surface area contributed by atoms with Crippen LogP contribution in [0.5, 0.6) is 0 Å². The molecule has 2 aliphatic heterocycles. The van der Waals surface area contributed by atoms with Gasteiger partial charge >= 0.3 is 6.03 Å². The van der Waals surface area contributed by atoms with E-state index in [-0.39, 0.29) is 17.4 Å². The first-order valence-corrected chi connectivity index (χ1v) is 13.9. The average Bonchev–Trinajstić information content (AvgIpc) is 3.31. The van der Waals surface area contributed by atoms with Gasteiger partial charge in [-0.15, -0.1) is 0 Å². The monoisotopic (exact) mass is 509 g/mol. The second-order valence-electron chi connectivity index (χ2n) is 11.7. The molecule has 2 N–H and O–H groups in total. The van der Waals surface area contributed by atoms with Crippen LogP contribution in [0.2, 0.25) is 0 Å². The molecule has 0 spiro atoms. The maximum absolute atomic E-state index is 13.6. The number of benzene rings is 1. The molecule has 2 saturated heterocycles. The summed E-state index contributed by atoms with van der Waals surface area (Å²) in [6.07, 6.45) is 6.95. The minimum atomic E-state index is -0.946. The number of urea groups is 1. The van der Waals surface area contributed by atoms with E-state index in [1.165, 1.54) is 24.8 Å². The number of hydrogen-bond acceptors (Lipinski definition) is 5. The van der Waals surface area contributed by atoms with Gasteiger partial charge in [-0.1, -0.05) is 76.3 Å². The van der Waals surface area contributed by atoms with Crippen molar-refractivity contribution in [2.45, 2.75) is 75.8 Å². The smallest absolute Gasteiger partial charge is 0.318 e. The molecule has 1 saturated carbocycles. The zero-order valence-corrected chi connectivity index (χ0v) is 22.5. The number of nitrogens with one attached hydrogen (secondary N) is 2. The molecule has 4 rings (SSSR count). The molecule has 2 heterocycles. The lowest BCUT2D eigenvalue weighted by atomic mass is 9.84. The van der Waals surface area contributed by atoms with Crippen molar-refractivity contribution < 1.29 is 14.3 Å². The third kappa shape index (κ3) is 7.24. The summed E-state index contributed by atoms with van der Waals surface area (Å²) in [4.78, 5) is 30.6. The molecule has 1 aromatic rings. The van der Waals surface area contributed by atoms with Gasteiger partial charge in [0.1, 0.15) is 11.6 Å². The molecule has 3 amide bonds. The van der Waals surface area contributed by atoms with Crippen LogP contribution in [0, 0.1) is 17.2 Å². The third-order valence-electron chi connectivity index (χ3n) is 8.31. The van der Waals surface area contributed by atoms with Gasteiger partial charge in [0, 0.05) is 38.1 Å². The Morgan fingerprint density at radius 3 is 2.51 bits per heavy atom. The van der Waals surface area contributed by atoms with Gasteiger partial charge in [0.05, 0.1) is 19.3 Å². The highest BCUT2D eigenvalue weighted by atomic mass is 16.5. The standard InChI is InChI=1S/C29H43N5O3/c1-28(2,24-11-7-4-8-12-24)21-33-14-13-29(20-30,22-33)32-26(35)25(19-23-9-5-3-6-10-23)31-27(36)34-15-17-37-18-16-34/h4,7-8,11-12,23,25H,3,5-6,9-10,13-19,21-22H2,1-2H3,(H,31,36)(H,32,35). The summed E-state index contributed by atoms with van der Waals surface area (Å²) >= 11 is 0. The first-order chi connectivity index (χ1) is 17.8. The largest absolute Gasteiger partial charge is 0.378 e. The number of nitrogens with zero attached hydrogens (tertiary/aromatic N) is 3. The zero-order chi connectivity index (χ0) is 26.3. The lowest BCUT2D eigenvalue weighted by Gasteiger charge is -2.33. The maximum Gasteiger partial charge on any atom is 0.318 e. The van der Waals surface area contributed by atoms with Crippen molar-refractivity contribution in [2.24, 2.45) is 5.92 Å². The van der Waals surface area contributed by atoms with Crippen LogP contribution < -0.4 is 10.6 Å². The third-order valence-corrected chi connectivity index (χ3v) is 8.31. The molecule has 2 unspecified atom stereocenters. The molecule has 202 valence electrons. The Morgan fingerprint density at radius 1 is 1.14 bits per heavy atom. The van der Waals surface area contributed by atoms with E-state index in [9.17, 15) is 14.9 Å². The van der Waals surface area contributed by atoms with Crippen molar-refractivity contribution in [1.82, 2.24) is 20.4 Å². The quantitative estimate of drug-likeness (QED) is 0.560. The summed E-state index contributed by atoms with van der Waals surface area (Å²) in [6, 6.07) is 12.0. The SMILES string of the molecule is CC(C)(CN1CCC(C#N)(NC(=O)C(CC2CCCCC2)NC(=O)N2CCOCC2)C1)c1ccccc1. The van der Waals surface area contributed by atoms with E-state index in [0.29, 0.717) is 51.6 Å².